The first-order chi connectivity index (χ1) is 13.9. The van der Waals surface area contributed by atoms with Crippen LogP contribution in [0.25, 0.3) is 0 Å². The zero-order chi connectivity index (χ0) is 20.9. The molecule has 0 spiro atoms. The number of halogens is 1. The van der Waals surface area contributed by atoms with E-state index < -0.39 is 11.4 Å². The zero-order valence-electron chi connectivity index (χ0n) is 15.4. The highest BCUT2D eigenvalue weighted by Crippen LogP contribution is 2.24. The molecule has 8 nitrogen and oxygen atoms in total. The summed E-state index contributed by atoms with van der Waals surface area (Å²) < 4.78 is 5.25. The molecule has 1 aromatic carbocycles. The van der Waals surface area contributed by atoms with Crippen molar-refractivity contribution in [2.24, 2.45) is 0 Å². The molecule has 9 heteroatoms. The van der Waals surface area contributed by atoms with Crippen LogP contribution in [0.3, 0.4) is 0 Å². The van der Waals surface area contributed by atoms with Crippen LogP contribution < -0.4 is 10.6 Å². The second kappa shape index (κ2) is 8.90. The van der Waals surface area contributed by atoms with Crippen LogP contribution in [0, 0.1) is 11.3 Å². The maximum atomic E-state index is 12.6. The molecule has 0 radical (unpaired) electrons. The first-order valence-corrected chi connectivity index (χ1v) is 9.33. The van der Waals surface area contributed by atoms with Crippen molar-refractivity contribution in [1.82, 2.24) is 10.3 Å². The van der Waals surface area contributed by atoms with Crippen molar-refractivity contribution < 1.29 is 19.4 Å². The Bertz CT molecular complexity index is 967. The molecule has 0 atom stereocenters. The number of benzene rings is 1. The van der Waals surface area contributed by atoms with Crippen LogP contribution in [0.2, 0.25) is 5.02 Å². The maximum absolute atomic E-state index is 12.6. The molecule has 150 valence electrons. The molecule has 1 aromatic heterocycles. The fraction of sp³-hybridized carbons (Fsp3) is 0.300. The molecule has 29 heavy (non-hydrogen) atoms. The third-order valence-electron chi connectivity index (χ3n) is 4.56. The Morgan fingerprint density at radius 2 is 2.03 bits per heavy atom. The number of pyridine rings is 1. The first-order valence-electron chi connectivity index (χ1n) is 8.96. The van der Waals surface area contributed by atoms with Crippen molar-refractivity contribution in [1.29, 1.82) is 5.26 Å². The summed E-state index contributed by atoms with van der Waals surface area (Å²) in [5.41, 5.74) is 0.0959. The number of phenolic OH excluding ortho intramolecular Hbond substituents is 1. The van der Waals surface area contributed by atoms with E-state index in [1.165, 1.54) is 24.4 Å². The summed E-state index contributed by atoms with van der Waals surface area (Å²) in [4.78, 5) is 28.9. The molecular formula is C20H19ClN4O4. The minimum atomic E-state index is -0.979. The normalized spacial score (nSPS) is 15.2. The minimum absolute atomic E-state index is 0.0200. The van der Waals surface area contributed by atoms with E-state index in [9.17, 15) is 20.0 Å². The Morgan fingerprint density at radius 3 is 2.72 bits per heavy atom. The lowest BCUT2D eigenvalue weighted by molar-refractivity contribution is -0.115. The fourth-order valence-corrected chi connectivity index (χ4v) is 3.07. The van der Waals surface area contributed by atoms with Gasteiger partial charge in [-0.05, 0) is 29.8 Å². The summed E-state index contributed by atoms with van der Waals surface area (Å²) in [6.07, 6.45) is 2.23. The van der Waals surface area contributed by atoms with Gasteiger partial charge in [-0.25, -0.2) is 0 Å². The van der Waals surface area contributed by atoms with Crippen molar-refractivity contribution >= 4 is 29.1 Å². The molecule has 1 fully saturated rings. The van der Waals surface area contributed by atoms with Gasteiger partial charge in [0, 0.05) is 37.9 Å². The first kappa shape index (κ1) is 20.6. The Hall–Kier alpha value is -3.15. The number of carbonyl (C=O) groups excluding carboxylic acids is 2. The van der Waals surface area contributed by atoms with Crippen LogP contribution >= 0.6 is 11.6 Å². The van der Waals surface area contributed by atoms with E-state index in [4.69, 9.17) is 16.3 Å². The third-order valence-corrected chi connectivity index (χ3v) is 4.88. The van der Waals surface area contributed by atoms with Gasteiger partial charge in [0.2, 0.25) is 5.91 Å². The second-order valence-electron chi connectivity index (χ2n) is 6.70. The van der Waals surface area contributed by atoms with Crippen LogP contribution in [0.4, 0.5) is 5.69 Å². The second-order valence-corrected chi connectivity index (χ2v) is 7.11. The van der Waals surface area contributed by atoms with Crippen LogP contribution in [0.15, 0.2) is 36.5 Å². The van der Waals surface area contributed by atoms with E-state index in [1.54, 1.807) is 12.1 Å². The summed E-state index contributed by atoms with van der Waals surface area (Å²) in [6.45, 7) is 0.801. The lowest BCUT2D eigenvalue weighted by Crippen LogP contribution is -2.51. The van der Waals surface area contributed by atoms with E-state index in [0.29, 0.717) is 37.3 Å². The molecule has 1 aliphatic rings. The summed E-state index contributed by atoms with van der Waals surface area (Å²) in [5.74, 6) is -0.922. The van der Waals surface area contributed by atoms with Gasteiger partial charge in [0.05, 0.1) is 17.5 Å². The van der Waals surface area contributed by atoms with Gasteiger partial charge in [-0.1, -0.05) is 17.7 Å². The van der Waals surface area contributed by atoms with E-state index >= 15 is 0 Å². The molecule has 0 aliphatic carbocycles. The number of rotatable bonds is 5. The van der Waals surface area contributed by atoms with E-state index in [0.717, 1.165) is 0 Å². The van der Waals surface area contributed by atoms with Crippen LogP contribution in [-0.4, -0.2) is 40.7 Å². The zero-order valence-corrected chi connectivity index (χ0v) is 16.2. The molecule has 3 N–H and O–H groups in total. The molecule has 3 rings (SSSR count). The number of nitrogens with one attached hydrogen (secondary N) is 2. The predicted octanol–water partition coefficient (Wildman–Crippen LogP) is 2.42. The van der Waals surface area contributed by atoms with Gasteiger partial charge in [-0.15, -0.1) is 0 Å². The molecule has 0 saturated carbocycles. The number of carbonyl (C=O) groups is 2. The number of aromatic nitrogens is 1. The lowest BCUT2D eigenvalue weighted by atomic mass is 9.91. The van der Waals surface area contributed by atoms with Gasteiger partial charge >= 0.3 is 0 Å². The highest BCUT2D eigenvalue weighted by molar-refractivity contribution is 6.32. The average Bonchev–Trinajstić information content (AvgIpc) is 2.71. The summed E-state index contributed by atoms with van der Waals surface area (Å²) in [7, 11) is 0. The largest absolute Gasteiger partial charge is 0.506 e. The molecule has 1 aliphatic heterocycles. The van der Waals surface area contributed by atoms with Crippen molar-refractivity contribution in [2.75, 3.05) is 18.5 Å². The quantitative estimate of drug-likeness (QED) is 0.690. The summed E-state index contributed by atoms with van der Waals surface area (Å²) in [6, 6.07) is 9.73. The molecule has 2 amide bonds. The van der Waals surface area contributed by atoms with Crippen LogP contribution in [0.5, 0.6) is 5.75 Å². The van der Waals surface area contributed by atoms with Crippen LogP contribution in [-0.2, 0) is 16.0 Å². The Morgan fingerprint density at radius 1 is 1.28 bits per heavy atom. The molecule has 1 saturated heterocycles. The van der Waals surface area contributed by atoms with Crippen LogP contribution in [0.1, 0.15) is 28.9 Å². The molecule has 2 heterocycles. The van der Waals surface area contributed by atoms with Gasteiger partial charge in [-0.3, -0.25) is 14.6 Å². The number of nitriles is 1. The van der Waals surface area contributed by atoms with Gasteiger partial charge in [0.1, 0.15) is 17.0 Å². The smallest absolute Gasteiger partial charge is 0.271 e. The number of phenols is 1. The molecular weight excluding hydrogens is 396 g/mol. The SMILES string of the molecule is N#CC1(NC(=O)c2cc(NC(=O)Cc3ccc(Cl)c(O)c3)ccn2)CCOCC1. The summed E-state index contributed by atoms with van der Waals surface area (Å²) in [5, 5.41) is 24.7. The van der Waals surface area contributed by atoms with Gasteiger partial charge < -0.3 is 20.5 Å². The molecule has 0 bridgehead atoms. The van der Waals surface area contributed by atoms with E-state index in [2.05, 4.69) is 21.7 Å². The Labute approximate surface area is 172 Å². The summed E-state index contributed by atoms with van der Waals surface area (Å²) >= 11 is 5.76. The van der Waals surface area contributed by atoms with Gasteiger partial charge in [-0.2, -0.15) is 5.26 Å². The van der Waals surface area contributed by atoms with Gasteiger partial charge in [0.15, 0.2) is 0 Å². The van der Waals surface area contributed by atoms with E-state index in [1.807, 2.05) is 0 Å². The van der Waals surface area contributed by atoms with Crippen molar-refractivity contribution in [3.05, 3.63) is 52.8 Å². The number of nitrogens with zero attached hydrogens (tertiary/aromatic N) is 2. The molecule has 2 aromatic rings. The Balaban J connectivity index is 1.65. The van der Waals surface area contributed by atoms with Crippen molar-refractivity contribution in [2.45, 2.75) is 24.8 Å². The topological polar surface area (TPSA) is 124 Å². The van der Waals surface area contributed by atoms with E-state index in [-0.39, 0.29) is 28.8 Å². The fourth-order valence-electron chi connectivity index (χ4n) is 2.96. The number of ether oxygens (including phenoxy) is 1. The number of amides is 2. The Kier molecular flexibility index (Phi) is 6.32. The standard InChI is InChI=1S/C20H19ClN4O4/c21-15-2-1-13(9-17(15)26)10-18(27)24-14-3-6-23-16(11-14)19(28)25-20(12-22)4-7-29-8-5-20/h1-3,6,9,11,26H,4-5,7-8,10H2,(H,25,28)(H,23,24,27). The van der Waals surface area contributed by atoms with Gasteiger partial charge in [0.25, 0.3) is 5.91 Å². The number of hydrogen-bond donors (Lipinski definition) is 3. The lowest BCUT2D eigenvalue weighted by Gasteiger charge is -2.31. The number of hydrogen-bond acceptors (Lipinski definition) is 6. The highest BCUT2D eigenvalue weighted by Gasteiger charge is 2.34. The van der Waals surface area contributed by atoms with Crippen molar-refractivity contribution in [3.8, 4) is 11.8 Å². The minimum Gasteiger partial charge on any atom is -0.506 e. The predicted molar refractivity (Wildman–Crippen MR) is 106 cm³/mol. The average molecular weight is 415 g/mol. The number of aromatic hydroxyl groups is 1. The number of anilines is 1. The maximum Gasteiger partial charge on any atom is 0.271 e. The highest BCUT2D eigenvalue weighted by atomic mass is 35.5. The third kappa shape index (κ3) is 5.22. The molecule has 0 unspecified atom stereocenters. The van der Waals surface area contributed by atoms with Crippen molar-refractivity contribution in [3.63, 3.8) is 0 Å². The monoisotopic (exact) mass is 414 g/mol.